The van der Waals surface area contributed by atoms with Crippen LogP contribution in [0.2, 0.25) is 0 Å². The SMILES string of the molecule is CCOc1cccc2cc(C(=O)N(CCN(C)C)c3nc4cc(C)cc(C)c4s3)oc12. The number of nitrogens with zero attached hydrogens (tertiary/aromatic N) is 3. The van der Waals surface area contributed by atoms with Crippen LogP contribution in [0, 0.1) is 13.8 Å². The molecule has 2 heterocycles. The lowest BCUT2D eigenvalue weighted by Gasteiger charge is -2.20. The van der Waals surface area contributed by atoms with Gasteiger partial charge >= 0.3 is 0 Å². The van der Waals surface area contributed by atoms with Crippen LogP contribution in [0.3, 0.4) is 0 Å². The second kappa shape index (κ2) is 8.69. The fourth-order valence-corrected chi connectivity index (χ4v) is 4.65. The molecule has 0 saturated carbocycles. The Morgan fingerprint density at radius 2 is 1.97 bits per heavy atom. The number of para-hydroxylation sites is 1. The number of furan rings is 1. The quantitative estimate of drug-likeness (QED) is 0.394. The highest BCUT2D eigenvalue weighted by Gasteiger charge is 2.25. The summed E-state index contributed by atoms with van der Waals surface area (Å²) in [6.45, 7) is 7.82. The highest BCUT2D eigenvalue weighted by atomic mass is 32.1. The summed E-state index contributed by atoms with van der Waals surface area (Å²) in [5, 5.41) is 1.53. The number of thiazole rings is 1. The van der Waals surface area contributed by atoms with E-state index in [4.69, 9.17) is 14.1 Å². The summed E-state index contributed by atoms with van der Waals surface area (Å²) in [5.41, 5.74) is 3.84. The molecule has 0 unspecified atom stereocenters. The average molecular weight is 438 g/mol. The molecule has 0 aliphatic carbocycles. The third-order valence-corrected chi connectivity index (χ3v) is 6.30. The summed E-state index contributed by atoms with van der Waals surface area (Å²) in [4.78, 5) is 22.1. The van der Waals surface area contributed by atoms with Crippen LogP contribution >= 0.6 is 11.3 Å². The Labute approximate surface area is 186 Å². The number of hydrogen-bond acceptors (Lipinski definition) is 6. The van der Waals surface area contributed by atoms with Crippen molar-refractivity contribution in [3.8, 4) is 5.75 Å². The minimum atomic E-state index is -0.200. The third-order valence-electron chi connectivity index (χ3n) is 5.07. The van der Waals surface area contributed by atoms with Gasteiger partial charge in [-0.2, -0.15) is 0 Å². The number of likely N-dealkylation sites (N-methyl/N-ethyl adjacent to an activating group) is 1. The maximum Gasteiger partial charge on any atom is 0.295 e. The second-order valence-electron chi connectivity index (χ2n) is 7.90. The van der Waals surface area contributed by atoms with Crippen molar-refractivity contribution in [2.75, 3.05) is 38.7 Å². The monoisotopic (exact) mass is 437 g/mol. The van der Waals surface area contributed by atoms with Crippen molar-refractivity contribution in [1.29, 1.82) is 0 Å². The highest BCUT2D eigenvalue weighted by molar-refractivity contribution is 7.22. The number of carbonyl (C=O) groups is 1. The first kappa shape index (κ1) is 21.3. The average Bonchev–Trinajstić information content (AvgIpc) is 3.33. The Balaban J connectivity index is 1.76. The molecule has 2 aromatic carbocycles. The molecule has 0 saturated heterocycles. The first-order chi connectivity index (χ1) is 14.9. The van der Waals surface area contributed by atoms with E-state index >= 15 is 0 Å². The van der Waals surface area contributed by atoms with Gasteiger partial charge < -0.3 is 14.1 Å². The first-order valence-electron chi connectivity index (χ1n) is 10.4. The van der Waals surface area contributed by atoms with Crippen molar-refractivity contribution in [2.45, 2.75) is 20.8 Å². The molecule has 4 rings (SSSR count). The highest BCUT2D eigenvalue weighted by Crippen LogP contribution is 2.34. The zero-order valence-corrected chi connectivity index (χ0v) is 19.4. The predicted molar refractivity (Wildman–Crippen MR) is 127 cm³/mol. The van der Waals surface area contributed by atoms with Gasteiger partial charge in [0.1, 0.15) is 0 Å². The topological polar surface area (TPSA) is 58.8 Å². The van der Waals surface area contributed by atoms with E-state index in [2.05, 4.69) is 30.9 Å². The summed E-state index contributed by atoms with van der Waals surface area (Å²) in [6, 6.07) is 11.7. The van der Waals surface area contributed by atoms with Crippen LogP contribution in [0.1, 0.15) is 28.6 Å². The second-order valence-corrected chi connectivity index (χ2v) is 8.88. The van der Waals surface area contributed by atoms with Gasteiger partial charge in [0, 0.05) is 18.5 Å². The molecule has 4 aromatic rings. The van der Waals surface area contributed by atoms with Crippen LogP contribution in [-0.4, -0.2) is 49.6 Å². The number of anilines is 1. The smallest absolute Gasteiger partial charge is 0.295 e. The number of amides is 1. The van der Waals surface area contributed by atoms with Gasteiger partial charge in [-0.05, 0) is 64.2 Å². The summed E-state index contributed by atoms with van der Waals surface area (Å²) < 4.78 is 12.8. The number of fused-ring (bicyclic) bond motifs is 2. The van der Waals surface area contributed by atoms with E-state index in [9.17, 15) is 4.79 Å². The Morgan fingerprint density at radius 3 is 2.71 bits per heavy atom. The maximum absolute atomic E-state index is 13.6. The number of rotatable bonds is 7. The lowest BCUT2D eigenvalue weighted by atomic mass is 10.1. The Morgan fingerprint density at radius 1 is 1.16 bits per heavy atom. The lowest BCUT2D eigenvalue weighted by molar-refractivity contribution is 0.0960. The minimum absolute atomic E-state index is 0.200. The van der Waals surface area contributed by atoms with Crippen molar-refractivity contribution in [3.05, 3.63) is 53.3 Å². The standard InChI is InChI=1S/C24H27N3O3S/c1-6-29-19-9-7-8-17-14-20(30-21(17)19)23(28)27(11-10-26(4)5)24-25-18-13-15(2)12-16(3)22(18)31-24/h7-9,12-14H,6,10-11H2,1-5H3. The van der Waals surface area contributed by atoms with Crippen LogP contribution in [0.25, 0.3) is 21.2 Å². The van der Waals surface area contributed by atoms with Crippen LogP contribution < -0.4 is 9.64 Å². The summed E-state index contributed by atoms with van der Waals surface area (Å²) >= 11 is 1.54. The number of aromatic nitrogens is 1. The normalized spacial score (nSPS) is 11.5. The summed E-state index contributed by atoms with van der Waals surface area (Å²) in [7, 11) is 3.98. The van der Waals surface area contributed by atoms with E-state index in [-0.39, 0.29) is 11.7 Å². The summed E-state index contributed by atoms with van der Waals surface area (Å²) in [5.74, 6) is 0.729. The van der Waals surface area contributed by atoms with Crippen LogP contribution in [0.15, 0.2) is 40.8 Å². The van der Waals surface area contributed by atoms with Crippen molar-refractivity contribution in [3.63, 3.8) is 0 Å². The number of carbonyl (C=O) groups excluding carboxylic acids is 1. The molecular weight excluding hydrogens is 410 g/mol. The molecule has 0 bridgehead atoms. The number of benzene rings is 2. The Hall–Kier alpha value is -2.90. The fourth-order valence-electron chi connectivity index (χ4n) is 3.61. The van der Waals surface area contributed by atoms with Gasteiger partial charge in [0.05, 0.1) is 16.8 Å². The number of hydrogen-bond donors (Lipinski definition) is 0. The van der Waals surface area contributed by atoms with E-state index in [0.717, 1.165) is 21.2 Å². The van der Waals surface area contributed by atoms with E-state index in [1.807, 2.05) is 39.2 Å². The third kappa shape index (κ3) is 4.29. The summed E-state index contributed by atoms with van der Waals surface area (Å²) in [6.07, 6.45) is 0. The molecule has 0 aliphatic rings. The maximum atomic E-state index is 13.6. The molecular formula is C24H27N3O3S. The number of ether oxygens (including phenoxy) is 1. The van der Waals surface area contributed by atoms with Crippen LogP contribution in [-0.2, 0) is 0 Å². The Bertz CT molecular complexity index is 1240. The van der Waals surface area contributed by atoms with E-state index in [1.54, 1.807) is 22.3 Å². The molecule has 0 spiro atoms. The van der Waals surface area contributed by atoms with Gasteiger partial charge in [-0.25, -0.2) is 4.98 Å². The molecule has 7 heteroatoms. The van der Waals surface area contributed by atoms with Crippen LogP contribution in [0.5, 0.6) is 5.75 Å². The largest absolute Gasteiger partial charge is 0.490 e. The van der Waals surface area contributed by atoms with Crippen LogP contribution in [0.4, 0.5) is 5.13 Å². The zero-order valence-electron chi connectivity index (χ0n) is 18.6. The minimum Gasteiger partial charge on any atom is -0.490 e. The molecule has 0 atom stereocenters. The van der Waals surface area contributed by atoms with Crippen molar-refractivity contribution >= 4 is 43.6 Å². The van der Waals surface area contributed by atoms with E-state index < -0.39 is 0 Å². The van der Waals surface area contributed by atoms with Gasteiger partial charge in [-0.1, -0.05) is 29.5 Å². The molecule has 0 N–H and O–H groups in total. The van der Waals surface area contributed by atoms with Crippen molar-refractivity contribution in [2.24, 2.45) is 0 Å². The molecule has 31 heavy (non-hydrogen) atoms. The molecule has 162 valence electrons. The van der Waals surface area contributed by atoms with Gasteiger partial charge in [-0.15, -0.1) is 0 Å². The van der Waals surface area contributed by atoms with E-state index in [1.165, 1.54) is 5.56 Å². The number of aryl methyl sites for hydroxylation is 2. The Kier molecular flexibility index (Phi) is 5.98. The van der Waals surface area contributed by atoms with Gasteiger partial charge in [0.15, 0.2) is 22.2 Å². The zero-order chi connectivity index (χ0) is 22.1. The fraction of sp³-hybridized carbons (Fsp3) is 0.333. The molecule has 0 radical (unpaired) electrons. The molecule has 0 fully saturated rings. The van der Waals surface area contributed by atoms with Gasteiger partial charge in [-0.3, -0.25) is 9.69 Å². The lowest BCUT2D eigenvalue weighted by Crippen LogP contribution is -2.36. The van der Waals surface area contributed by atoms with Gasteiger partial charge in [0.25, 0.3) is 5.91 Å². The molecule has 2 aromatic heterocycles. The first-order valence-corrected chi connectivity index (χ1v) is 11.2. The van der Waals surface area contributed by atoms with Crippen molar-refractivity contribution < 1.29 is 13.9 Å². The van der Waals surface area contributed by atoms with Crippen molar-refractivity contribution in [1.82, 2.24) is 9.88 Å². The molecule has 0 aliphatic heterocycles. The van der Waals surface area contributed by atoms with Gasteiger partial charge in [0.2, 0.25) is 0 Å². The molecule has 1 amide bonds. The van der Waals surface area contributed by atoms with E-state index in [0.29, 0.717) is 36.2 Å². The predicted octanol–water partition coefficient (Wildman–Crippen LogP) is 5.27. The molecule has 6 nitrogen and oxygen atoms in total.